The van der Waals surface area contributed by atoms with Crippen LogP contribution in [0.4, 0.5) is 0 Å². The molecule has 17 heavy (non-hydrogen) atoms. The van der Waals surface area contributed by atoms with Gasteiger partial charge in [0, 0.05) is 13.2 Å². The maximum atomic E-state index is 11.2. The third kappa shape index (κ3) is 8.01. The summed E-state index contributed by atoms with van der Waals surface area (Å²) in [5, 5.41) is 0. The van der Waals surface area contributed by atoms with E-state index >= 15 is 0 Å². The van der Waals surface area contributed by atoms with Crippen molar-refractivity contribution in [2.24, 2.45) is 0 Å². The summed E-state index contributed by atoms with van der Waals surface area (Å²) in [5.41, 5.74) is 0. The lowest BCUT2D eigenvalue weighted by atomic mass is 10.5. The number of ketones is 1. The Bertz CT molecular complexity index is 275. The highest BCUT2D eigenvalue weighted by Crippen LogP contribution is 2.23. The van der Waals surface area contributed by atoms with Gasteiger partial charge in [0.15, 0.2) is 8.32 Å². The Kier molecular flexibility index (Phi) is 5.96. The van der Waals surface area contributed by atoms with E-state index in [0.29, 0.717) is 6.04 Å². The molecule has 0 fully saturated rings. The molecule has 0 N–H and O–H groups in total. The molecule has 0 aromatic carbocycles. The van der Waals surface area contributed by atoms with Crippen molar-refractivity contribution in [1.82, 2.24) is 0 Å². The Hall–Kier alpha value is 0.201. The van der Waals surface area contributed by atoms with Gasteiger partial charge in [-0.25, -0.2) is 0 Å². The van der Waals surface area contributed by atoms with Crippen molar-refractivity contribution in [2.45, 2.75) is 52.2 Å². The molecule has 0 aromatic heterocycles. The number of Topliss-reactive ketones (excluding diaryl/α,β-unsaturated/α-hetero) is 1. The Labute approximate surface area is 108 Å². The smallest absolute Gasteiger partial charge is 0.333 e. The summed E-state index contributed by atoms with van der Waals surface area (Å²) in [5.74, 6) is 0.110. The molecule has 1 unspecified atom stereocenters. The van der Waals surface area contributed by atoms with Crippen molar-refractivity contribution in [3.05, 3.63) is 0 Å². The molecular formula is C10H26O4Si3. The zero-order chi connectivity index (χ0) is 13.9. The summed E-state index contributed by atoms with van der Waals surface area (Å²) in [4.78, 5) is 11.2. The van der Waals surface area contributed by atoms with Crippen LogP contribution in [0.15, 0.2) is 0 Å². The van der Waals surface area contributed by atoms with Crippen molar-refractivity contribution in [3.63, 3.8) is 0 Å². The third-order valence-corrected chi connectivity index (χ3v) is 12.1. The number of rotatable bonds is 7. The second-order valence-electron chi connectivity index (χ2n) is 5.93. The third-order valence-electron chi connectivity index (χ3n) is 2.02. The predicted molar refractivity (Wildman–Crippen MR) is 77.1 cm³/mol. The van der Waals surface area contributed by atoms with Gasteiger partial charge in [0.25, 0.3) is 0 Å². The molecule has 0 spiro atoms. The van der Waals surface area contributed by atoms with Crippen LogP contribution in [-0.4, -0.2) is 38.3 Å². The van der Waals surface area contributed by atoms with Crippen LogP contribution in [-0.2, 0) is 17.5 Å². The van der Waals surface area contributed by atoms with E-state index in [1.165, 1.54) is 0 Å². The van der Waals surface area contributed by atoms with Gasteiger partial charge in [-0.1, -0.05) is 0 Å². The van der Waals surface area contributed by atoms with E-state index in [4.69, 9.17) is 12.7 Å². The van der Waals surface area contributed by atoms with Crippen LogP contribution >= 0.6 is 0 Å². The van der Waals surface area contributed by atoms with Crippen molar-refractivity contribution in [3.8, 4) is 0 Å². The first-order valence-electron chi connectivity index (χ1n) is 5.84. The normalized spacial score (nSPS) is 16.7. The molecule has 0 heterocycles. The van der Waals surface area contributed by atoms with E-state index in [2.05, 4.69) is 19.6 Å². The van der Waals surface area contributed by atoms with Crippen molar-refractivity contribution in [2.75, 3.05) is 7.11 Å². The Morgan fingerprint density at radius 3 is 1.76 bits per heavy atom. The van der Waals surface area contributed by atoms with Crippen LogP contribution in [0.1, 0.15) is 6.92 Å². The molecule has 7 heteroatoms. The maximum absolute atomic E-state index is 11.2. The van der Waals surface area contributed by atoms with Gasteiger partial charge in [-0.05, 0) is 46.2 Å². The molecule has 1 atom stereocenters. The molecule has 0 bridgehead atoms. The number of hydrogen-bond acceptors (Lipinski definition) is 4. The lowest BCUT2D eigenvalue weighted by molar-refractivity contribution is -0.115. The van der Waals surface area contributed by atoms with Crippen LogP contribution in [0.5, 0.6) is 0 Å². The molecule has 0 amide bonds. The summed E-state index contributed by atoms with van der Waals surface area (Å²) in [6, 6.07) is 0.384. The number of carbonyl (C=O) groups excluding carboxylic acids is 1. The molecule has 0 aromatic rings. The second-order valence-corrected chi connectivity index (χ2v) is 17.6. The molecular weight excluding hydrogens is 268 g/mol. The van der Waals surface area contributed by atoms with E-state index in [-0.39, 0.29) is 5.78 Å². The van der Waals surface area contributed by atoms with Gasteiger partial charge in [-0.2, -0.15) is 0 Å². The zero-order valence-corrected chi connectivity index (χ0v) is 15.3. The number of hydrogen-bond donors (Lipinski definition) is 0. The van der Waals surface area contributed by atoms with Crippen LogP contribution in [0, 0.1) is 0 Å². The van der Waals surface area contributed by atoms with E-state index < -0.39 is 25.4 Å². The number of carbonyl (C=O) groups is 1. The van der Waals surface area contributed by atoms with Crippen molar-refractivity contribution < 1.29 is 17.5 Å². The summed E-state index contributed by atoms with van der Waals surface area (Å²) < 4.78 is 17.7. The molecule has 4 nitrogen and oxygen atoms in total. The minimum absolute atomic E-state index is 0.110. The molecule has 0 radical (unpaired) electrons. The fraction of sp³-hybridized carbons (Fsp3) is 0.900. The molecule has 102 valence electrons. The predicted octanol–water partition coefficient (Wildman–Crippen LogP) is 2.86. The average molecular weight is 295 g/mol. The van der Waals surface area contributed by atoms with Crippen molar-refractivity contribution >= 4 is 31.2 Å². The van der Waals surface area contributed by atoms with Gasteiger partial charge in [-0.15, -0.1) is 0 Å². The summed E-state index contributed by atoms with van der Waals surface area (Å²) in [7, 11) is -4.64. The van der Waals surface area contributed by atoms with Crippen LogP contribution in [0.2, 0.25) is 45.3 Å². The van der Waals surface area contributed by atoms with Gasteiger partial charge >= 0.3 is 17.1 Å². The first kappa shape index (κ1) is 17.2. The van der Waals surface area contributed by atoms with Gasteiger partial charge in [0.2, 0.25) is 0 Å². The van der Waals surface area contributed by atoms with Gasteiger partial charge in [-0.3, -0.25) is 0 Å². The molecule has 0 rings (SSSR count). The maximum Gasteiger partial charge on any atom is 0.333 e. The Morgan fingerprint density at radius 1 is 1.00 bits per heavy atom. The van der Waals surface area contributed by atoms with Crippen LogP contribution in [0.25, 0.3) is 0 Å². The molecule has 0 aliphatic carbocycles. The first-order chi connectivity index (χ1) is 7.39. The zero-order valence-electron chi connectivity index (χ0n) is 12.3. The topological polar surface area (TPSA) is 44.8 Å². The molecule has 0 saturated carbocycles. The van der Waals surface area contributed by atoms with E-state index in [1.807, 2.05) is 19.6 Å². The lowest BCUT2D eigenvalue weighted by Crippen LogP contribution is -2.54. The Morgan fingerprint density at radius 2 is 1.47 bits per heavy atom. The highest BCUT2D eigenvalue weighted by Gasteiger charge is 2.42. The lowest BCUT2D eigenvalue weighted by Gasteiger charge is -2.37. The second kappa shape index (κ2) is 5.89. The fourth-order valence-corrected chi connectivity index (χ4v) is 14.2. The van der Waals surface area contributed by atoms with Crippen LogP contribution in [0.3, 0.4) is 0 Å². The minimum Gasteiger partial charge on any atom is -0.437 e. The average Bonchev–Trinajstić information content (AvgIpc) is 1.95. The SMILES string of the molecule is CO[Si](C)(CC(C)=O)O[Si](C)(C)O[Si](C)(C)C. The van der Waals surface area contributed by atoms with E-state index in [9.17, 15) is 4.79 Å². The highest BCUT2D eigenvalue weighted by molar-refractivity contribution is 6.86. The molecule has 0 saturated heterocycles. The first-order valence-corrected chi connectivity index (χ1v) is 14.6. The minimum atomic E-state index is -2.41. The van der Waals surface area contributed by atoms with Gasteiger partial charge in [0.1, 0.15) is 5.78 Å². The molecule has 0 aliphatic rings. The van der Waals surface area contributed by atoms with Crippen molar-refractivity contribution in [1.29, 1.82) is 0 Å². The standard InChI is InChI=1S/C10H26O4Si3/c1-10(11)9-17(8,12-2)14-16(6,7)13-15(3,4)5/h9H2,1-8H3. The van der Waals surface area contributed by atoms with Gasteiger partial charge < -0.3 is 17.5 Å². The van der Waals surface area contributed by atoms with E-state index in [1.54, 1.807) is 14.0 Å². The van der Waals surface area contributed by atoms with E-state index in [0.717, 1.165) is 0 Å². The molecule has 0 aliphatic heterocycles. The van der Waals surface area contributed by atoms with Gasteiger partial charge in [0.05, 0.1) is 0 Å². The summed E-state index contributed by atoms with van der Waals surface area (Å²) in [6.45, 7) is 14.0. The fourth-order valence-electron chi connectivity index (χ4n) is 1.88. The quantitative estimate of drug-likeness (QED) is 0.677. The Balaban J connectivity index is 4.70. The summed E-state index contributed by atoms with van der Waals surface area (Å²) >= 11 is 0. The van der Waals surface area contributed by atoms with Crippen LogP contribution < -0.4 is 0 Å². The summed E-state index contributed by atoms with van der Waals surface area (Å²) in [6.07, 6.45) is 0. The monoisotopic (exact) mass is 294 g/mol. The highest BCUT2D eigenvalue weighted by atomic mass is 28.5. The largest absolute Gasteiger partial charge is 0.437 e.